The van der Waals surface area contributed by atoms with E-state index in [1.54, 1.807) is 12.1 Å². The van der Waals surface area contributed by atoms with Gasteiger partial charge in [-0.15, -0.1) is 0 Å². The first-order valence-corrected chi connectivity index (χ1v) is 6.98. The second-order valence-corrected chi connectivity index (χ2v) is 6.00. The van der Waals surface area contributed by atoms with Gasteiger partial charge in [0.15, 0.2) is 0 Å². The highest BCUT2D eigenvalue weighted by Crippen LogP contribution is 2.27. The number of hydrogen-bond acceptors (Lipinski definition) is 4. The molecular formula is C14H21ClN2O3. The number of nitro groups is 1. The first-order chi connectivity index (χ1) is 9.37. The number of hydrogen-bond donors (Lipinski definition) is 2. The van der Waals surface area contributed by atoms with E-state index in [0.717, 1.165) is 12.8 Å². The topological polar surface area (TPSA) is 75.4 Å². The molecule has 5 nitrogen and oxygen atoms in total. The summed E-state index contributed by atoms with van der Waals surface area (Å²) in [6.07, 6.45) is 1.64. The Morgan fingerprint density at radius 2 is 2.15 bits per heavy atom. The molecule has 2 N–H and O–H groups in total. The molecule has 1 aromatic carbocycles. The summed E-state index contributed by atoms with van der Waals surface area (Å²) in [7, 11) is 0. The summed E-state index contributed by atoms with van der Waals surface area (Å²) in [5.74, 6) is 0. The van der Waals surface area contributed by atoms with Crippen molar-refractivity contribution in [2.24, 2.45) is 5.41 Å². The van der Waals surface area contributed by atoms with Crippen molar-refractivity contribution in [3.8, 4) is 0 Å². The summed E-state index contributed by atoms with van der Waals surface area (Å²) in [6, 6.07) is 4.69. The molecule has 0 aliphatic rings. The summed E-state index contributed by atoms with van der Waals surface area (Å²) < 4.78 is 0. The molecule has 1 rings (SSSR count). The van der Waals surface area contributed by atoms with E-state index in [1.807, 2.05) is 0 Å². The predicted molar refractivity (Wildman–Crippen MR) is 79.9 cm³/mol. The van der Waals surface area contributed by atoms with Crippen LogP contribution in [0.25, 0.3) is 0 Å². The van der Waals surface area contributed by atoms with Gasteiger partial charge in [-0.1, -0.05) is 31.5 Å². The Labute approximate surface area is 124 Å². The summed E-state index contributed by atoms with van der Waals surface area (Å²) in [4.78, 5) is 10.5. The Morgan fingerprint density at radius 3 is 2.75 bits per heavy atom. The normalized spacial score (nSPS) is 11.6. The van der Waals surface area contributed by atoms with E-state index in [9.17, 15) is 10.1 Å². The largest absolute Gasteiger partial charge is 0.396 e. The molecule has 0 spiro atoms. The SMILES string of the molecule is CC(C)(CCCO)CNCc1c(Cl)cccc1[N+](=O)[O-]. The van der Waals surface area contributed by atoms with Crippen LogP contribution < -0.4 is 5.32 Å². The van der Waals surface area contributed by atoms with Gasteiger partial charge in [-0.05, 0) is 24.3 Å². The molecule has 0 unspecified atom stereocenters. The number of aliphatic hydroxyl groups is 1. The second-order valence-electron chi connectivity index (χ2n) is 5.59. The molecule has 0 fully saturated rings. The number of nitrogens with zero attached hydrogens (tertiary/aromatic N) is 1. The van der Waals surface area contributed by atoms with Crippen molar-refractivity contribution in [1.82, 2.24) is 5.32 Å². The fourth-order valence-corrected chi connectivity index (χ4v) is 2.30. The molecule has 0 saturated heterocycles. The zero-order valence-corrected chi connectivity index (χ0v) is 12.6. The average molecular weight is 301 g/mol. The van der Waals surface area contributed by atoms with Crippen LogP contribution in [0.5, 0.6) is 0 Å². The Morgan fingerprint density at radius 1 is 1.45 bits per heavy atom. The number of rotatable bonds is 8. The van der Waals surface area contributed by atoms with Gasteiger partial charge in [-0.25, -0.2) is 0 Å². The van der Waals surface area contributed by atoms with Gasteiger partial charge in [-0.3, -0.25) is 10.1 Å². The van der Waals surface area contributed by atoms with Gasteiger partial charge in [0.1, 0.15) is 0 Å². The summed E-state index contributed by atoms with van der Waals surface area (Å²) in [5, 5.41) is 23.4. The minimum Gasteiger partial charge on any atom is -0.396 e. The molecular weight excluding hydrogens is 280 g/mol. The molecule has 0 amide bonds. The molecule has 0 aliphatic carbocycles. The molecule has 6 heteroatoms. The van der Waals surface area contributed by atoms with E-state index in [1.165, 1.54) is 6.07 Å². The van der Waals surface area contributed by atoms with Crippen LogP contribution >= 0.6 is 11.6 Å². The molecule has 1 aromatic rings. The van der Waals surface area contributed by atoms with Crippen LogP contribution in [0, 0.1) is 15.5 Å². The van der Waals surface area contributed by atoms with Gasteiger partial charge in [-0.2, -0.15) is 0 Å². The lowest BCUT2D eigenvalue weighted by molar-refractivity contribution is -0.385. The van der Waals surface area contributed by atoms with E-state index in [2.05, 4.69) is 19.2 Å². The van der Waals surface area contributed by atoms with Crippen LogP contribution in [0.3, 0.4) is 0 Å². The van der Waals surface area contributed by atoms with E-state index >= 15 is 0 Å². The van der Waals surface area contributed by atoms with Crippen molar-refractivity contribution in [2.75, 3.05) is 13.2 Å². The molecule has 0 aromatic heterocycles. The minimum absolute atomic E-state index is 0.0266. The second kappa shape index (κ2) is 7.57. The van der Waals surface area contributed by atoms with Crippen molar-refractivity contribution >= 4 is 17.3 Å². The van der Waals surface area contributed by atoms with Crippen LogP contribution in [0.1, 0.15) is 32.3 Å². The zero-order chi connectivity index (χ0) is 15.2. The maximum absolute atomic E-state index is 11.0. The smallest absolute Gasteiger partial charge is 0.275 e. The lowest BCUT2D eigenvalue weighted by Crippen LogP contribution is -2.29. The summed E-state index contributed by atoms with van der Waals surface area (Å²) in [5.41, 5.74) is 0.578. The third-order valence-electron chi connectivity index (χ3n) is 3.21. The first-order valence-electron chi connectivity index (χ1n) is 6.61. The van der Waals surface area contributed by atoms with Crippen molar-refractivity contribution in [3.63, 3.8) is 0 Å². The van der Waals surface area contributed by atoms with E-state index in [4.69, 9.17) is 16.7 Å². The minimum atomic E-state index is -0.417. The molecule has 0 atom stereocenters. The predicted octanol–water partition coefficient (Wildman–Crippen LogP) is 3.14. The zero-order valence-electron chi connectivity index (χ0n) is 11.9. The lowest BCUT2D eigenvalue weighted by atomic mass is 9.88. The Bertz CT molecular complexity index is 464. The van der Waals surface area contributed by atoms with E-state index in [0.29, 0.717) is 23.7 Å². The first kappa shape index (κ1) is 16.9. The quantitative estimate of drug-likeness (QED) is 0.571. The Hall–Kier alpha value is -1.17. The maximum Gasteiger partial charge on any atom is 0.275 e. The van der Waals surface area contributed by atoms with E-state index < -0.39 is 4.92 Å². The standard InChI is InChI=1S/C14H21ClN2O3/c1-14(2,7-4-8-18)10-16-9-11-12(15)5-3-6-13(11)17(19)20/h3,5-6,16,18H,4,7-10H2,1-2H3. The molecule has 20 heavy (non-hydrogen) atoms. The molecule has 0 bridgehead atoms. The van der Waals surface area contributed by atoms with Crippen molar-refractivity contribution < 1.29 is 10.0 Å². The molecule has 0 radical (unpaired) electrons. The number of benzene rings is 1. The Kier molecular flexibility index (Phi) is 6.39. The van der Waals surface area contributed by atoms with Gasteiger partial charge in [0.25, 0.3) is 5.69 Å². The number of halogens is 1. The summed E-state index contributed by atoms with van der Waals surface area (Å²) in [6.45, 7) is 5.43. The number of nitro benzene ring substituents is 1. The van der Waals surface area contributed by atoms with Crippen LogP contribution in [-0.2, 0) is 6.54 Å². The van der Waals surface area contributed by atoms with Gasteiger partial charge in [0.2, 0.25) is 0 Å². The highest BCUT2D eigenvalue weighted by atomic mass is 35.5. The van der Waals surface area contributed by atoms with Crippen molar-refractivity contribution in [3.05, 3.63) is 38.9 Å². The van der Waals surface area contributed by atoms with Gasteiger partial charge < -0.3 is 10.4 Å². The van der Waals surface area contributed by atoms with Gasteiger partial charge in [0.05, 0.1) is 15.5 Å². The van der Waals surface area contributed by atoms with Crippen LogP contribution in [0.2, 0.25) is 5.02 Å². The van der Waals surface area contributed by atoms with Gasteiger partial charge >= 0.3 is 0 Å². The lowest BCUT2D eigenvalue weighted by Gasteiger charge is -2.24. The highest BCUT2D eigenvalue weighted by Gasteiger charge is 2.19. The molecule has 0 aliphatic heterocycles. The van der Waals surface area contributed by atoms with Crippen molar-refractivity contribution in [2.45, 2.75) is 33.2 Å². The molecule has 0 saturated carbocycles. The molecule has 112 valence electrons. The third kappa shape index (κ3) is 5.07. The fraction of sp³-hybridized carbons (Fsp3) is 0.571. The van der Waals surface area contributed by atoms with Crippen LogP contribution in [-0.4, -0.2) is 23.2 Å². The van der Waals surface area contributed by atoms with Crippen LogP contribution in [0.4, 0.5) is 5.69 Å². The van der Waals surface area contributed by atoms with Gasteiger partial charge in [0, 0.05) is 25.8 Å². The van der Waals surface area contributed by atoms with Crippen molar-refractivity contribution in [1.29, 1.82) is 0 Å². The summed E-state index contributed by atoms with van der Waals surface area (Å²) >= 11 is 6.03. The number of aliphatic hydroxyl groups excluding tert-OH is 1. The number of nitrogens with one attached hydrogen (secondary N) is 1. The monoisotopic (exact) mass is 300 g/mol. The molecule has 0 heterocycles. The fourth-order valence-electron chi connectivity index (χ4n) is 2.07. The maximum atomic E-state index is 11.0. The average Bonchev–Trinajstić information content (AvgIpc) is 2.38. The van der Waals surface area contributed by atoms with E-state index in [-0.39, 0.29) is 17.7 Å². The third-order valence-corrected chi connectivity index (χ3v) is 3.56. The van der Waals surface area contributed by atoms with Crippen LogP contribution in [0.15, 0.2) is 18.2 Å². The Balaban J connectivity index is 2.64. The highest BCUT2D eigenvalue weighted by molar-refractivity contribution is 6.31.